The van der Waals surface area contributed by atoms with Crippen LogP contribution in [0.3, 0.4) is 0 Å². The van der Waals surface area contributed by atoms with Crippen LogP contribution in [0.2, 0.25) is 0 Å². The van der Waals surface area contributed by atoms with Crippen molar-refractivity contribution in [3.05, 3.63) is 0 Å². The highest BCUT2D eigenvalue weighted by Crippen LogP contribution is 2.16. The first-order valence-electron chi connectivity index (χ1n) is 6.84. The van der Waals surface area contributed by atoms with Crippen LogP contribution in [-0.4, -0.2) is 69.3 Å². The molecule has 2 atom stereocenters. The summed E-state index contributed by atoms with van der Waals surface area (Å²) in [5, 5.41) is 0. The number of hydrogen-bond acceptors (Lipinski definition) is 4. The van der Waals surface area contributed by atoms with Gasteiger partial charge in [-0.05, 0) is 33.5 Å². The van der Waals surface area contributed by atoms with E-state index in [2.05, 4.69) is 30.8 Å². The first-order chi connectivity index (χ1) is 8.13. The number of hydrogen-bond donors (Lipinski definition) is 1. The topological polar surface area (TPSA) is 41.7 Å². The number of nitrogens with two attached hydrogens (primary N) is 1. The standard InChI is InChI=1S/C13H29N3O/c1-4-6-16(8-7-15(2)3)10-13(14)12-5-9-17-11-12/h12-13H,4-11,14H2,1-3H3. The first-order valence-corrected chi connectivity index (χ1v) is 6.84. The van der Waals surface area contributed by atoms with Crippen LogP contribution < -0.4 is 5.73 Å². The van der Waals surface area contributed by atoms with Gasteiger partial charge in [-0.3, -0.25) is 0 Å². The van der Waals surface area contributed by atoms with Crippen LogP contribution >= 0.6 is 0 Å². The van der Waals surface area contributed by atoms with Crippen molar-refractivity contribution in [2.75, 3.05) is 53.5 Å². The zero-order chi connectivity index (χ0) is 12.7. The molecule has 1 rings (SSSR count). The predicted octanol–water partition coefficient (Wildman–Crippen LogP) is 0.624. The smallest absolute Gasteiger partial charge is 0.0510 e. The van der Waals surface area contributed by atoms with Gasteiger partial charge in [0.05, 0.1) is 6.61 Å². The van der Waals surface area contributed by atoms with Gasteiger partial charge in [0.2, 0.25) is 0 Å². The second-order valence-electron chi connectivity index (χ2n) is 5.39. The molecule has 0 saturated carbocycles. The summed E-state index contributed by atoms with van der Waals surface area (Å²) in [7, 11) is 4.24. The van der Waals surface area contributed by atoms with E-state index in [4.69, 9.17) is 10.5 Å². The lowest BCUT2D eigenvalue weighted by atomic mass is 9.99. The molecule has 1 aliphatic heterocycles. The molecule has 2 N–H and O–H groups in total. The molecule has 0 radical (unpaired) electrons. The fraction of sp³-hybridized carbons (Fsp3) is 1.00. The predicted molar refractivity (Wildman–Crippen MR) is 72.2 cm³/mol. The number of ether oxygens (including phenoxy) is 1. The third-order valence-corrected chi connectivity index (χ3v) is 3.44. The normalized spacial score (nSPS) is 22.6. The van der Waals surface area contributed by atoms with E-state index in [-0.39, 0.29) is 6.04 Å². The van der Waals surface area contributed by atoms with Crippen molar-refractivity contribution in [2.24, 2.45) is 11.7 Å². The lowest BCUT2D eigenvalue weighted by Crippen LogP contribution is -2.44. The molecule has 0 aromatic carbocycles. The highest BCUT2D eigenvalue weighted by Gasteiger charge is 2.24. The van der Waals surface area contributed by atoms with Crippen molar-refractivity contribution in [1.29, 1.82) is 0 Å². The minimum atomic E-state index is 0.270. The lowest BCUT2D eigenvalue weighted by Gasteiger charge is -2.28. The van der Waals surface area contributed by atoms with Crippen molar-refractivity contribution in [3.8, 4) is 0 Å². The summed E-state index contributed by atoms with van der Waals surface area (Å²) in [5.74, 6) is 0.564. The molecule has 1 saturated heterocycles. The van der Waals surface area contributed by atoms with E-state index >= 15 is 0 Å². The fourth-order valence-corrected chi connectivity index (χ4v) is 2.29. The van der Waals surface area contributed by atoms with E-state index in [1.54, 1.807) is 0 Å². The lowest BCUT2D eigenvalue weighted by molar-refractivity contribution is 0.167. The monoisotopic (exact) mass is 243 g/mol. The maximum absolute atomic E-state index is 6.28. The van der Waals surface area contributed by atoms with Crippen LogP contribution in [0, 0.1) is 5.92 Å². The minimum absolute atomic E-state index is 0.270. The molecule has 0 amide bonds. The van der Waals surface area contributed by atoms with Crippen LogP contribution in [0.4, 0.5) is 0 Å². The molecule has 0 aromatic heterocycles. The average Bonchev–Trinajstić information content (AvgIpc) is 2.79. The number of nitrogens with zero attached hydrogens (tertiary/aromatic N) is 2. The van der Waals surface area contributed by atoms with Crippen molar-refractivity contribution < 1.29 is 4.74 Å². The van der Waals surface area contributed by atoms with E-state index in [1.807, 2.05) is 0 Å². The van der Waals surface area contributed by atoms with Crippen molar-refractivity contribution >= 4 is 0 Å². The van der Waals surface area contributed by atoms with Crippen LogP contribution in [0.5, 0.6) is 0 Å². The molecule has 0 bridgehead atoms. The summed E-state index contributed by atoms with van der Waals surface area (Å²) in [4.78, 5) is 4.72. The van der Waals surface area contributed by atoms with Crippen LogP contribution in [0.1, 0.15) is 19.8 Å². The Labute approximate surface area is 106 Å². The molecule has 0 aromatic rings. The molecule has 1 heterocycles. The maximum atomic E-state index is 6.28. The Morgan fingerprint density at radius 3 is 2.59 bits per heavy atom. The summed E-state index contributed by atoms with van der Waals surface area (Å²) in [6, 6.07) is 0.270. The Hall–Kier alpha value is -0.160. The summed E-state index contributed by atoms with van der Waals surface area (Å²) < 4.78 is 5.41. The molecule has 4 heteroatoms. The summed E-state index contributed by atoms with van der Waals surface area (Å²) >= 11 is 0. The van der Waals surface area contributed by atoms with E-state index in [1.165, 1.54) is 6.42 Å². The molecule has 4 nitrogen and oxygen atoms in total. The molecule has 2 unspecified atom stereocenters. The summed E-state index contributed by atoms with van der Waals surface area (Å²) in [6.07, 6.45) is 2.33. The molecule has 1 fully saturated rings. The van der Waals surface area contributed by atoms with E-state index in [0.717, 1.165) is 45.8 Å². The highest BCUT2D eigenvalue weighted by molar-refractivity contribution is 4.79. The van der Waals surface area contributed by atoms with Gasteiger partial charge < -0.3 is 20.3 Å². The van der Waals surface area contributed by atoms with Crippen molar-refractivity contribution in [1.82, 2.24) is 9.80 Å². The van der Waals surface area contributed by atoms with Crippen molar-refractivity contribution in [2.45, 2.75) is 25.8 Å². The second-order valence-corrected chi connectivity index (χ2v) is 5.39. The van der Waals surface area contributed by atoms with Gasteiger partial charge in [-0.15, -0.1) is 0 Å². The van der Waals surface area contributed by atoms with Gasteiger partial charge in [0.1, 0.15) is 0 Å². The molecule has 17 heavy (non-hydrogen) atoms. The Morgan fingerprint density at radius 1 is 1.29 bits per heavy atom. The van der Waals surface area contributed by atoms with Crippen molar-refractivity contribution in [3.63, 3.8) is 0 Å². The zero-order valence-electron chi connectivity index (χ0n) is 11.7. The molecular formula is C13H29N3O. The minimum Gasteiger partial charge on any atom is -0.381 e. The molecule has 1 aliphatic rings. The largest absolute Gasteiger partial charge is 0.381 e. The summed E-state index contributed by atoms with van der Waals surface area (Å²) in [5.41, 5.74) is 6.28. The molecule has 0 aliphatic carbocycles. The van der Waals surface area contributed by atoms with Gasteiger partial charge in [-0.2, -0.15) is 0 Å². The highest BCUT2D eigenvalue weighted by atomic mass is 16.5. The number of rotatable bonds is 8. The summed E-state index contributed by atoms with van der Waals surface area (Å²) in [6.45, 7) is 8.35. The van der Waals surface area contributed by atoms with Crippen LogP contribution in [0.25, 0.3) is 0 Å². The average molecular weight is 243 g/mol. The van der Waals surface area contributed by atoms with Gasteiger partial charge in [0, 0.05) is 38.2 Å². The van der Waals surface area contributed by atoms with E-state index in [9.17, 15) is 0 Å². The van der Waals surface area contributed by atoms with Gasteiger partial charge >= 0.3 is 0 Å². The van der Waals surface area contributed by atoms with E-state index in [0.29, 0.717) is 5.92 Å². The Kier molecular flexibility index (Phi) is 7.04. The van der Waals surface area contributed by atoms with Gasteiger partial charge in [-0.25, -0.2) is 0 Å². The third kappa shape index (κ3) is 5.82. The molecule has 102 valence electrons. The second kappa shape index (κ2) is 8.03. The fourth-order valence-electron chi connectivity index (χ4n) is 2.29. The van der Waals surface area contributed by atoms with Gasteiger partial charge in [0.25, 0.3) is 0 Å². The van der Waals surface area contributed by atoms with Crippen LogP contribution in [0.15, 0.2) is 0 Å². The maximum Gasteiger partial charge on any atom is 0.0510 e. The third-order valence-electron chi connectivity index (χ3n) is 3.44. The zero-order valence-corrected chi connectivity index (χ0v) is 11.7. The SMILES string of the molecule is CCCN(CCN(C)C)CC(N)C1CCOC1. The van der Waals surface area contributed by atoms with Gasteiger partial charge in [-0.1, -0.05) is 6.92 Å². The van der Waals surface area contributed by atoms with Gasteiger partial charge in [0.15, 0.2) is 0 Å². The molecular weight excluding hydrogens is 214 g/mol. The Morgan fingerprint density at radius 2 is 2.06 bits per heavy atom. The van der Waals surface area contributed by atoms with E-state index < -0.39 is 0 Å². The Balaban J connectivity index is 2.30. The quantitative estimate of drug-likeness (QED) is 0.679. The first kappa shape index (κ1) is 14.9. The number of likely N-dealkylation sites (N-methyl/N-ethyl adjacent to an activating group) is 1. The Bertz CT molecular complexity index is 193. The van der Waals surface area contributed by atoms with Crippen LogP contribution in [-0.2, 0) is 4.74 Å². The molecule has 0 spiro atoms.